The van der Waals surface area contributed by atoms with Crippen LogP contribution >= 0.6 is 7.60 Å². The third kappa shape index (κ3) is 3.06. The quantitative estimate of drug-likeness (QED) is 0.490. The van der Waals surface area contributed by atoms with Crippen LogP contribution < -0.4 is 0 Å². The molecule has 0 spiro atoms. The van der Waals surface area contributed by atoms with Crippen LogP contribution in [0.3, 0.4) is 0 Å². The fourth-order valence-electron chi connectivity index (χ4n) is 1.09. The number of imide groups is 1. The Labute approximate surface area is 80.4 Å². The molecular weight excluding hydrogens is 209 g/mol. The molecule has 7 heteroatoms. The Morgan fingerprint density at radius 2 is 1.71 bits per heavy atom. The highest BCUT2D eigenvalue weighted by Gasteiger charge is 2.23. The smallest absolute Gasteiger partial charge is 0.324 e. The summed E-state index contributed by atoms with van der Waals surface area (Å²) in [4.78, 5) is 39.9. The topological polar surface area (TPSA) is 94.9 Å². The summed E-state index contributed by atoms with van der Waals surface area (Å²) in [6.07, 6.45) is 2.08. The molecule has 6 nitrogen and oxygen atoms in total. The molecule has 0 aromatic rings. The minimum absolute atomic E-state index is 0.0514. The van der Waals surface area contributed by atoms with Gasteiger partial charge in [-0.3, -0.25) is 19.1 Å². The van der Waals surface area contributed by atoms with E-state index in [1.165, 1.54) is 0 Å². The zero-order valence-corrected chi connectivity index (χ0v) is 8.18. The van der Waals surface area contributed by atoms with Gasteiger partial charge in [0.1, 0.15) is 0 Å². The normalized spacial score (nSPS) is 16.9. The van der Waals surface area contributed by atoms with Crippen LogP contribution in [0.1, 0.15) is 6.42 Å². The number of carbonyl (C=O) groups is 2. The molecule has 0 aromatic heterocycles. The van der Waals surface area contributed by atoms with Crippen molar-refractivity contribution < 1.29 is 23.9 Å². The molecule has 2 N–H and O–H groups in total. The maximum atomic E-state index is 11.0. The lowest BCUT2D eigenvalue weighted by molar-refractivity contribution is -0.136. The highest BCUT2D eigenvalue weighted by molar-refractivity contribution is 7.51. The van der Waals surface area contributed by atoms with Gasteiger partial charge in [-0.25, -0.2) is 0 Å². The predicted molar refractivity (Wildman–Crippen MR) is 47.4 cm³/mol. The second-order valence-electron chi connectivity index (χ2n) is 2.90. The van der Waals surface area contributed by atoms with E-state index in [0.717, 1.165) is 17.1 Å². The van der Waals surface area contributed by atoms with Crippen molar-refractivity contribution in [2.24, 2.45) is 0 Å². The number of hydrogen-bond acceptors (Lipinski definition) is 3. The number of nitrogens with zero attached hydrogens (tertiary/aromatic N) is 1. The molecule has 1 aliphatic heterocycles. The first-order valence-electron chi connectivity index (χ1n) is 3.98. The fraction of sp³-hybridized carbons (Fsp3) is 0.429. The molecule has 78 valence electrons. The third-order valence-corrected chi connectivity index (χ3v) is 2.63. The summed E-state index contributed by atoms with van der Waals surface area (Å²) >= 11 is 0. The minimum atomic E-state index is -4.03. The third-order valence-electron chi connectivity index (χ3n) is 1.73. The summed E-state index contributed by atoms with van der Waals surface area (Å²) in [6.45, 7) is 0.0514. The van der Waals surface area contributed by atoms with Gasteiger partial charge >= 0.3 is 7.60 Å². The molecule has 0 bridgehead atoms. The monoisotopic (exact) mass is 219 g/mol. The van der Waals surface area contributed by atoms with Crippen LogP contribution in [0.5, 0.6) is 0 Å². The van der Waals surface area contributed by atoms with Gasteiger partial charge in [0.2, 0.25) is 0 Å². The van der Waals surface area contributed by atoms with E-state index in [1.54, 1.807) is 0 Å². The van der Waals surface area contributed by atoms with Crippen molar-refractivity contribution in [3.8, 4) is 0 Å². The van der Waals surface area contributed by atoms with Gasteiger partial charge in [-0.05, 0) is 6.42 Å². The van der Waals surface area contributed by atoms with Crippen LogP contribution in [0, 0.1) is 0 Å². The van der Waals surface area contributed by atoms with Crippen molar-refractivity contribution in [1.82, 2.24) is 4.90 Å². The van der Waals surface area contributed by atoms with Crippen LogP contribution in [0.15, 0.2) is 12.2 Å². The fourth-order valence-corrected chi connectivity index (χ4v) is 1.64. The standard InChI is InChI=1S/C7H10NO5P/c9-6-2-3-7(10)8(6)4-1-5-14(11,12)13/h2-3H,1,4-5H2,(H2,11,12,13). The summed E-state index contributed by atoms with van der Waals surface area (Å²) in [5.41, 5.74) is 0. The molecule has 14 heavy (non-hydrogen) atoms. The number of hydrogen-bond donors (Lipinski definition) is 2. The van der Waals surface area contributed by atoms with Crippen molar-refractivity contribution in [2.75, 3.05) is 12.7 Å². The minimum Gasteiger partial charge on any atom is -0.324 e. The van der Waals surface area contributed by atoms with Crippen LogP contribution in [-0.2, 0) is 14.2 Å². The van der Waals surface area contributed by atoms with E-state index < -0.39 is 19.4 Å². The number of amides is 2. The molecule has 0 radical (unpaired) electrons. The summed E-state index contributed by atoms with van der Waals surface area (Å²) in [6, 6.07) is 0. The van der Waals surface area contributed by atoms with Gasteiger partial charge in [-0.2, -0.15) is 0 Å². The first-order chi connectivity index (χ1) is 6.40. The molecular formula is C7H10NO5P. The van der Waals surface area contributed by atoms with Gasteiger partial charge in [0.15, 0.2) is 0 Å². The summed E-state index contributed by atoms with van der Waals surface area (Å²) in [7, 11) is -4.03. The van der Waals surface area contributed by atoms with E-state index >= 15 is 0 Å². The maximum Gasteiger partial charge on any atom is 0.325 e. The molecule has 0 aromatic carbocycles. The molecule has 0 atom stereocenters. The van der Waals surface area contributed by atoms with Gasteiger partial charge in [0.25, 0.3) is 11.8 Å². The summed E-state index contributed by atoms with van der Waals surface area (Å²) in [5, 5.41) is 0. The maximum absolute atomic E-state index is 11.0. The zero-order chi connectivity index (χ0) is 10.8. The highest BCUT2D eigenvalue weighted by atomic mass is 31.2. The molecule has 1 heterocycles. The van der Waals surface area contributed by atoms with Crippen LogP contribution in [0.2, 0.25) is 0 Å². The Bertz CT molecular complexity index is 313. The van der Waals surface area contributed by atoms with E-state index in [4.69, 9.17) is 9.79 Å². The lowest BCUT2D eigenvalue weighted by Gasteiger charge is -2.13. The largest absolute Gasteiger partial charge is 0.325 e. The second kappa shape index (κ2) is 4.04. The van der Waals surface area contributed by atoms with Crippen LogP contribution in [0.25, 0.3) is 0 Å². The molecule has 2 amide bonds. The van der Waals surface area contributed by atoms with E-state index in [9.17, 15) is 14.2 Å². The summed E-state index contributed by atoms with van der Waals surface area (Å²) < 4.78 is 10.5. The average Bonchev–Trinajstić information content (AvgIpc) is 2.33. The molecule has 0 unspecified atom stereocenters. The zero-order valence-electron chi connectivity index (χ0n) is 7.29. The molecule has 1 rings (SSSR count). The van der Waals surface area contributed by atoms with E-state index in [-0.39, 0.29) is 19.1 Å². The first-order valence-corrected chi connectivity index (χ1v) is 5.78. The summed E-state index contributed by atoms with van der Waals surface area (Å²) in [5.74, 6) is -0.860. The van der Waals surface area contributed by atoms with E-state index in [1.807, 2.05) is 0 Å². The van der Waals surface area contributed by atoms with Crippen molar-refractivity contribution in [2.45, 2.75) is 6.42 Å². The Morgan fingerprint density at radius 1 is 1.21 bits per heavy atom. The highest BCUT2D eigenvalue weighted by Crippen LogP contribution is 2.34. The lowest BCUT2D eigenvalue weighted by Crippen LogP contribution is -2.31. The lowest BCUT2D eigenvalue weighted by atomic mass is 10.4. The number of carbonyl (C=O) groups excluding carboxylic acids is 2. The van der Waals surface area contributed by atoms with Gasteiger partial charge in [-0.15, -0.1) is 0 Å². The molecule has 1 aliphatic rings. The second-order valence-corrected chi connectivity index (χ2v) is 4.68. The van der Waals surface area contributed by atoms with E-state index in [2.05, 4.69) is 0 Å². The van der Waals surface area contributed by atoms with E-state index in [0.29, 0.717) is 0 Å². The van der Waals surface area contributed by atoms with Crippen LogP contribution in [-0.4, -0.2) is 39.2 Å². The first kappa shape index (κ1) is 11.1. The van der Waals surface area contributed by atoms with Crippen LogP contribution in [0.4, 0.5) is 0 Å². The Balaban J connectivity index is 2.36. The van der Waals surface area contributed by atoms with Gasteiger partial charge < -0.3 is 9.79 Å². The SMILES string of the molecule is O=C1C=CC(=O)N1CCCP(=O)(O)O. The average molecular weight is 219 g/mol. The van der Waals surface area contributed by atoms with Gasteiger partial charge in [0.05, 0.1) is 6.16 Å². The molecule has 0 fully saturated rings. The molecule has 0 aliphatic carbocycles. The number of rotatable bonds is 4. The Morgan fingerprint density at radius 3 is 2.14 bits per heavy atom. The van der Waals surface area contributed by atoms with Crippen molar-refractivity contribution in [3.63, 3.8) is 0 Å². The molecule has 0 saturated carbocycles. The predicted octanol–water partition coefficient (Wildman–Crippen LogP) is -0.521. The van der Waals surface area contributed by atoms with Gasteiger partial charge in [0, 0.05) is 18.7 Å². The molecule has 0 saturated heterocycles. The van der Waals surface area contributed by atoms with Crippen molar-refractivity contribution in [1.29, 1.82) is 0 Å². The van der Waals surface area contributed by atoms with Crippen molar-refractivity contribution >= 4 is 19.4 Å². The Kier molecular flexibility index (Phi) is 3.21. The van der Waals surface area contributed by atoms with Crippen molar-refractivity contribution in [3.05, 3.63) is 12.2 Å². The van der Waals surface area contributed by atoms with Gasteiger partial charge in [-0.1, -0.05) is 0 Å². The Hall–Kier alpha value is -0.970.